The third-order valence-corrected chi connectivity index (χ3v) is 2.31. The fourth-order valence-corrected chi connectivity index (χ4v) is 1.54. The number of rotatable bonds is 3. The molecule has 80 valence electrons. The predicted molar refractivity (Wildman–Crippen MR) is 62.0 cm³/mol. The van der Waals surface area contributed by atoms with Gasteiger partial charge in [-0.15, -0.1) is 0 Å². The highest BCUT2D eigenvalue weighted by Crippen LogP contribution is 2.41. The Balaban J connectivity index is 2.39. The molecule has 0 spiro atoms. The van der Waals surface area contributed by atoms with Gasteiger partial charge in [-0.2, -0.15) is 12.6 Å². The average Bonchev–Trinajstić information content (AvgIpc) is 2.73. The Morgan fingerprint density at radius 2 is 2.33 bits per heavy atom. The van der Waals surface area contributed by atoms with Crippen LogP contribution >= 0.6 is 12.6 Å². The molecule has 0 fully saturated rings. The highest BCUT2D eigenvalue weighted by Gasteiger charge is 2.19. The lowest BCUT2D eigenvalue weighted by Gasteiger charge is -2.05. The summed E-state index contributed by atoms with van der Waals surface area (Å²) >= 11 is 4.11. The Morgan fingerprint density at radius 1 is 1.47 bits per heavy atom. The van der Waals surface area contributed by atoms with E-state index in [0.717, 1.165) is 11.3 Å². The zero-order valence-electron chi connectivity index (χ0n) is 8.40. The van der Waals surface area contributed by atoms with Gasteiger partial charge in [0.25, 0.3) is 0 Å². The van der Waals surface area contributed by atoms with Gasteiger partial charge in [-0.25, -0.2) is 0 Å². The van der Waals surface area contributed by atoms with E-state index in [-0.39, 0.29) is 6.79 Å². The molecule has 1 aromatic rings. The third kappa shape index (κ3) is 2.04. The van der Waals surface area contributed by atoms with Crippen LogP contribution in [-0.4, -0.2) is 19.7 Å². The van der Waals surface area contributed by atoms with Crippen LogP contribution in [0, 0.1) is 0 Å². The van der Waals surface area contributed by atoms with Gasteiger partial charge in [-0.1, -0.05) is 12.2 Å². The summed E-state index contributed by atoms with van der Waals surface area (Å²) in [7, 11) is 1.61. The van der Waals surface area contributed by atoms with Crippen LogP contribution < -0.4 is 14.2 Å². The van der Waals surface area contributed by atoms with Crippen LogP contribution in [0.15, 0.2) is 18.2 Å². The Labute approximate surface area is 94.1 Å². The SMILES string of the molecule is COc1cc(C=CCS)cc2c1OCO2. The van der Waals surface area contributed by atoms with E-state index in [9.17, 15) is 0 Å². The molecule has 0 radical (unpaired) electrons. The summed E-state index contributed by atoms with van der Waals surface area (Å²) in [6.07, 6.45) is 3.93. The summed E-state index contributed by atoms with van der Waals surface area (Å²) in [5.41, 5.74) is 1.02. The van der Waals surface area contributed by atoms with Gasteiger partial charge in [0.05, 0.1) is 7.11 Å². The van der Waals surface area contributed by atoms with Gasteiger partial charge in [-0.3, -0.25) is 0 Å². The van der Waals surface area contributed by atoms with Crippen molar-refractivity contribution < 1.29 is 14.2 Å². The van der Waals surface area contributed by atoms with Crippen LogP contribution in [0.3, 0.4) is 0 Å². The van der Waals surface area contributed by atoms with E-state index in [1.807, 2.05) is 24.3 Å². The van der Waals surface area contributed by atoms with Crippen LogP contribution in [0.2, 0.25) is 0 Å². The molecule has 0 aliphatic carbocycles. The highest BCUT2D eigenvalue weighted by molar-refractivity contribution is 7.80. The van der Waals surface area contributed by atoms with Crippen LogP contribution in [0.25, 0.3) is 6.08 Å². The van der Waals surface area contributed by atoms with E-state index in [0.29, 0.717) is 17.3 Å². The molecule has 1 aromatic carbocycles. The van der Waals surface area contributed by atoms with Crippen molar-refractivity contribution in [2.75, 3.05) is 19.7 Å². The first-order valence-corrected chi connectivity index (χ1v) is 5.23. The quantitative estimate of drug-likeness (QED) is 0.799. The van der Waals surface area contributed by atoms with Gasteiger partial charge in [0.15, 0.2) is 11.5 Å². The lowest BCUT2D eigenvalue weighted by atomic mass is 10.1. The second-order valence-electron chi connectivity index (χ2n) is 3.04. The summed E-state index contributed by atoms with van der Waals surface area (Å²) in [6, 6.07) is 3.83. The first kappa shape index (κ1) is 10.2. The van der Waals surface area contributed by atoms with Gasteiger partial charge < -0.3 is 14.2 Å². The van der Waals surface area contributed by atoms with E-state index in [4.69, 9.17) is 14.2 Å². The second kappa shape index (κ2) is 4.49. The molecule has 0 unspecified atom stereocenters. The number of fused-ring (bicyclic) bond motifs is 1. The first-order chi connectivity index (χ1) is 7.35. The van der Waals surface area contributed by atoms with E-state index >= 15 is 0 Å². The Morgan fingerprint density at radius 3 is 3.07 bits per heavy atom. The molecule has 3 nitrogen and oxygen atoms in total. The second-order valence-corrected chi connectivity index (χ2v) is 3.41. The fourth-order valence-electron chi connectivity index (χ4n) is 1.43. The van der Waals surface area contributed by atoms with E-state index in [2.05, 4.69) is 12.6 Å². The molecule has 0 bridgehead atoms. The zero-order valence-corrected chi connectivity index (χ0v) is 9.29. The number of hydrogen-bond donors (Lipinski definition) is 1. The number of hydrogen-bond acceptors (Lipinski definition) is 4. The minimum absolute atomic E-state index is 0.255. The van der Waals surface area contributed by atoms with Gasteiger partial charge in [0.1, 0.15) is 0 Å². The smallest absolute Gasteiger partial charge is 0.231 e. The summed E-state index contributed by atoms with van der Waals surface area (Å²) in [4.78, 5) is 0. The molecule has 0 saturated carbocycles. The predicted octanol–water partition coefficient (Wildman–Crippen LogP) is 2.37. The maximum absolute atomic E-state index is 5.31. The van der Waals surface area contributed by atoms with Crippen molar-refractivity contribution in [1.82, 2.24) is 0 Å². The van der Waals surface area contributed by atoms with Crippen molar-refractivity contribution in [3.63, 3.8) is 0 Å². The lowest BCUT2D eigenvalue weighted by molar-refractivity contribution is 0.171. The van der Waals surface area contributed by atoms with Crippen LogP contribution in [0.1, 0.15) is 5.56 Å². The summed E-state index contributed by atoms with van der Waals surface area (Å²) in [5.74, 6) is 2.81. The molecule has 1 aliphatic heterocycles. The first-order valence-electron chi connectivity index (χ1n) is 4.60. The van der Waals surface area contributed by atoms with Crippen LogP contribution in [-0.2, 0) is 0 Å². The molecule has 0 saturated heterocycles. The molecule has 0 aromatic heterocycles. The number of thiol groups is 1. The molecule has 0 N–H and O–H groups in total. The van der Waals surface area contributed by atoms with Crippen molar-refractivity contribution in [3.05, 3.63) is 23.8 Å². The summed E-state index contributed by atoms with van der Waals surface area (Å²) in [5, 5.41) is 0. The van der Waals surface area contributed by atoms with Crippen LogP contribution in [0.4, 0.5) is 0 Å². The van der Waals surface area contributed by atoms with E-state index in [1.165, 1.54) is 0 Å². The Bertz CT molecular complexity index is 388. The summed E-state index contributed by atoms with van der Waals surface area (Å²) in [6.45, 7) is 0.255. The Kier molecular flexibility index (Phi) is 3.06. The van der Waals surface area contributed by atoms with Gasteiger partial charge >= 0.3 is 0 Å². The number of benzene rings is 1. The molecule has 1 heterocycles. The topological polar surface area (TPSA) is 27.7 Å². The lowest BCUT2D eigenvalue weighted by Crippen LogP contribution is -1.93. The highest BCUT2D eigenvalue weighted by atomic mass is 32.1. The normalized spacial score (nSPS) is 13.5. The van der Waals surface area contributed by atoms with Crippen molar-refractivity contribution in [2.24, 2.45) is 0 Å². The molecule has 4 heteroatoms. The molecule has 15 heavy (non-hydrogen) atoms. The molecule has 0 atom stereocenters. The summed E-state index contributed by atoms with van der Waals surface area (Å²) < 4.78 is 15.8. The molecular weight excluding hydrogens is 212 g/mol. The Hall–Kier alpha value is -1.29. The molecular formula is C11H12O3S. The zero-order chi connectivity index (χ0) is 10.7. The third-order valence-electron chi connectivity index (χ3n) is 2.10. The molecule has 2 rings (SSSR count). The minimum Gasteiger partial charge on any atom is -0.493 e. The van der Waals surface area contributed by atoms with Crippen molar-refractivity contribution >= 4 is 18.7 Å². The maximum Gasteiger partial charge on any atom is 0.231 e. The molecule has 1 aliphatic rings. The maximum atomic E-state index is 5.31. The largest absolute Gasteiger partial charge is 0.493 e. The fraction of sp³-hybridized carbons (Fsp3) is 0.273. The monoisotopic (exact) mass is 224 g/mol. The standard InChI is InChI=1S/C11H12O3S/c1-12-9-5-8(3-2-4-15)6-10-11(9)14-7-13-10/h2-3,5-6,15H,4,7H2,1H3. The van der Waals surface area contributed by atoms with E-state index in [1.54, 1.807) is 7.11 Å². The van der Waals surface area contributed by atoms with Gasteiger partial charge in [-0.05, 0) is 17.7 Å². The van der Waals surface area contributed by atoms with Crippen molar-refractivity contribution in [2.45, 2.75) is 0 Å². The number of ether oxygens (including phenoxy) is 3. The number of methoxy groups -OCH3 is 1. The van der Waals surface area contributed by atoms with Crippen LogP contribution in [0.5, 0.6) is 17.2 Å². The average molecular weight is 224 g/mol. The van der Waals surface area contributed by atoms with Gasteiger partial charge in [0.2, 0.25) is 12.5 Å². The van der Waals surface area contributed by atoms with Crippen molar-refractivity contribution in [1.29, 1.82) is 0 Å². The van der Waals surface area contributed by atoms with Gasteiger partial charge in [0, 0.05) is 5.75 Å². The minimum atomic E-state index is 0.255. The molecule has 0 amide bonds. The van der Waals surface area contributed by atoms with Crippen molar-refractivity contribution in [3.8, 4) is 17.2 Å². The van der Waals surface area contributed by atoms with E-state index < -0.39 is 0 Å².